The van der Waals surface area contributed by atoms with E-state index >= 15 is 0 Å². The van der Waals surface area contributed by atoms with Crippen molar-refractivity contribution in [2.24, 2.45) is 41.2 Å². The van der Waals surface area contributed by atoms with Crippen molar-refractivity contribution in [1.82, 2.24) is 4.90 Å². The van der Waals surface area contributed by atoms with Gasteiger partial charge in [-0.3, -0.25) is 24.5 Å². The molecule has 3 fully saturated rings. The van der Waals surface area contributed by atoms with Gasteiger partial charge in [-0.1, -0.05) is 71.1 Å². The molecule has 0 unspecified atom stereocenters. The number of esters is 1. The molecule has 2 saturated heterocycles. The average Bonchev–Trinajstić information content (AvgIpc) is 3.46. The number of nitrogens with zero attached hydrogens (tertiary/aromatic N) is 2. The van der Waals surface area contributed by atoms with Crippen molar-refractivity contribution >= 4 is 35.3 Å². The number of hydrogen-bond acceptors (Lipinski definition) is 17. The second-order valence-corrected chi connectivity index (χ2v) is 22.3. The summed E-state index contributed by atoms with van der Waals surface area (Å²) in [6.07, 6.45) is 11.5. The van der Waals surface area contributed by atoms with Gasteiger partial charge >= 0.3 is 12.1 Å². The third-order valence-corrected chi connectivity index (χ3v) is 16.5. The van der Waals surface area contributed by atoms with E-state index in [-0.39, 0.29) is 66.2 Å². The molecule has 1 saturated carbocycles. The van der Waals surface area contributed by atoms with Gasteiger partial charge in [0.05, 0.1) is 23.2 Å². The van der Waals surface area contributed by atoms with E-state index in [1.54, 1.807) is 14.0 Å². The zero-order chi connectivity index (χ0) is 57.4. The molecule has 2 bridgehead atoms. The zero-order valence-corrected chi connectivity index (χ0v) is 47.7. The van der Waals surface area contributed by atoms with Gasteiger partial charge in [-0.2, -0.15) is 0 Å². The van der Waals surface area contributed by atoms with Crippen LogP contribution in [0.15, 0.2) is 71.9 Å². The summed E-state index contributed by atoms with van der Waals surface area (Å²) in [5.74, 6) is -6.92. The molecular formula is C59H87N3O16. The second-order valence-electron chi connectivity index (χ2n) is 22.3. The molecule has 3 heterocycles. The summed E-state index contributed by atoms with van der Waals surface area (Å²) in [7, 11) is 6.15. The molecule has 434 valence electrons. The highest BCUT2D eigenvalue weighted by molar-refractivity contribution is 6.39. The van der Waals surface area contributed by atoms with E-state index in [2.05, 4.69) is 0 Å². The minimum Gasteiger partial charge on any atom is -0.460 e. The van der Waals surface area contributed by atoms with Crippen LogP contribution in [0.1, 0.15) is 126 Å². The molecule has 3 aliphatic heterocycles. The number of piperidine rings is 1. The van der Waals surface area contributed by atoms with Crippen LogP contribution in [0.3, 0.4) is 0 Å². The number of cyclic esters (lactones) is 1. The van der Waals surface area contributed by atoms with Crippen LogP contribution in [-0.4, -0.2) is 140 Å². The Morgan fingerprint density at radius 3 is 2.21 bits per heavy atom. The Labute approximate surface area is 460 Å². The predicted octanol–water partition coefficient (Wildman–Crippen LogP) is 8.72. The number of hydrogen-bond donors (Lipinski definition) is 2. The van der Waals surface area contributed by atoms with E-state index < -0.39 is 95.3 Å². The molecule has 78 heavy (non-hydrogen) atoms. The summed E-state index contributed by atoms with van der Waals surface area (Å²) in [6.45, 7) is 13.4. The Morgan fingerprint density at radius 1 is 0.846 bits per heavy atom. The van der Waals surface area contributed by atoms with Gasteiger partial charge in [0.1, 0.15) is 36.2 Å². The maximum atomic E-state index is 14.7. The monoisotopic (exact) mass is 1090 g/mol. The Hall–Kier alpha value is -5.15. The zero-order valence-electron chi connectivity index (χ0n) is 47.7. The average molecular weight is 1090 g/mol. The number of non-ortho nitro benzene ring substituents is 1. The number of Topliss-reactive ketones (excluding diaryl/α,β-unsaturated/α-hetero) is 2. The lowest BCUT2D eigenvalue weighted by atomic mass is 9.78. The van der Waals surface area contributed by atoms with E-state index in [0.717, 1.165) is 11.1 Å². The van der Waals surface area contributed by atoms with Gasteiger partial charge in [0.25, 0.3) is 17.4 Å². The molecule has 3 N–H and O–H groups in total. The summed E-state index contributed by atoms with van der Waals surface area (Å²) in [6, 6.07) is 3.36. The first kappa shape index (κ1) is 63.7. The number of ketones is 2. The third-order valence-electron chi connectivity index (χ3n) is 16.5. The number of carbonyl (C=O) groups is 5. The number of nitro benzene ring substituents is 1. The fourth-order valence-electron chi connectivity index (χ4n) is 11.6. The third kappa shape index (κ3) is 16.9. The van der Waals surface area contributed by atoms with Crippen LogP contribution < -0.4 is 10.5 Å². The summed E-state index contributed by atoms with van der Waals surface area (Å²) in [5.41, 5.74) is 8.53. The van der Waals surface area contributed by atoms with Crippen LogP contribution in [0.2, 0.25) is 0 Å². The van der Waals surface area contributed by atoms with Gasteiger partial charge in [0.15, 0.2) is 5.78 Å². The molecule has 4 aliphatic rings. The summed E-state index contributed by atoms with van der Waals surface area (Å²) in [4.78, 5) is 82.3. The smallest absolute Gasteiger partial charge is 0.460 e. The lowest BCUT2D eigenvalue weighted by molar-refractivity contribution is -0.384. The molecule has 1 aromatic rings. The first-order chi connectivity index (χ1) is 37.0. The van der Waals surface area contributed by atoms with E-state index in [4.69, 9.17) is 43.6 Å². The van der Waals surface area contributed by atoms with E-state index in [1.807, 2.05) is 78.0 Å². The number of amides is 1. The van der Waals surface area contributed by atoms with Gasteiger partial charge in [0, 0.05) is 77.8 Å². The van der Waals surface area contributed by atoms with E-state index in [9.17, 15) is 39.2 Å². The van der Waals surface area contributed by atoms with Gasteiger partial charge in [0.2, 0.25) is 5.79 Å². The van der Waals surface area contributed by atoms with Crippen molar-refractivity contribution < 1.29 is 71.9 Å². The SMILES string of the molecule is CO[C@H]1C[C@@H]2CC[C@@H](C)[C@@](O)(O2)C(=O)C(=O)N2CCCC[C@H]2C(=O)O[C@H]([C@H](C)C[C@@H]2CC[C@@H](OC(=O)Oc3ccc([N+](=O)[O-])cc3)[C@H](OC)C2)C[C@H](N)[C@H](C)/C=C(\C)[C@@H](OC)[C@@H](OC)C(=O)[C@H](C)C[C@H](C)/C=C/C=CC=C1C. The van der Waals surface area contributed by atoms with E-state index in [1.165, 1.54) is 50.5 Å². The van der Waals surface area contributed by atoms with Crippen LogP contribution in [0.25, 0.3) is 0 Å². The molecule has 0 aromatic heterocycles. The topological polar surface area (TPSA) is 252 Å². The molecule has 19 nitrogen and oxygen atoms in total. The van der Waals surface area contributed by atoms with Crippen molar-refractivity contribution in [1.29, 1.82) is 0 Å². The van der Waals surface area contributed by atoms with Crippen molar-refractivity contribution in [2.75, 3.05) is 35.0 Å². The number of methoxy groups -OCH3 is 4. The first-order valence-corrected chi connectivity index (χ1v) is 27.7. The van der Waals surface area contributed by atoms with Crippen molar-refractivity contribution in [3.63, 3.8) is 0 Å². The van der Waals surface area contributed by atoms with Gasteiger partial charge in [-0.05, 0) is 125 Å². The minimum atomic E-state index is -2.44. The summed E-state index contributed by atoms with van der Waals surface area (Å²) < 4.78 is 47.3. The number of aliphatic hydroxyl groups is 1. The quantitative estimate of drug-likeness (QED) is 0.0555. The Bertz CT molecular complexity index is 2320. The van der Waals surface area contributed by atoms with Crippen LogP contribution >= 0.6 is 0 Å². The van der Waals surface area contributed by atoms with E-state index in [0.29, 0.717) is 64.2 Å². The number of allylic oxidation sites excluding steroid dienone is 5. The first-order valence-electron chi connectivity index (χ1n) is 27.7. The molecule has 0 spiro atoms. The molecule has 1 aliphatic carbocycles. The van der Waals surface area contributed by atoms with Gasteiger partial charge < -0.3 is 53.6 Å². The number of fused-ring (bicyclic) bond motifs is 3. The van der Waals surface area contributed by atoms with Crippen molar-refractivity contribution in [2.45, 2.75) is 186 Å². The number of nitro groups is 1. The molecule has 19 heteroatoms. The molecular weight excluding hydrogens is 1010 g/mol. The molecule has 16 atom stereocenters. The van der Waals surface area contributed by atoms with Crippen LogP contribution in [-0.2, 0) is 52.3 Å². The molecule has 1 amide bonds. The Kier molecular flexibility index (Phi) is 24.4. The molecule has 0 radical (unpaired) electrons. The number of carbonyl (C=O) groups excluding carboxylic acids is 5. The fraction of sp³-hybridized carbons (Fsp3) is 0.678. The van der Waals surface area contributed by atoms with Crippen LogP contribution in [0, 0.1) is 45.6 Å². The summed E-state index contributed by atoms with van der Waals surface area (Å²) in [5, 5.41) is 23.2. The van der Waals surface area contributed by atoms with Crippen molar-refractivity contribution in [3.8, 4) is 5.75 Å². The fourth-order valence-corrected chi connectivity index (χ4v) is 11.6. The lowest BCUT2D eigenvalue weighted by Crippen LogP contribution is -2.61. The maximum absolute atomic E-state index is 14.7. The Morgan fingerprint density at radius 2 is 1.55 bits per heavy atom. The van der Waals surface area contributed by atoms with Crippen LogP contribution in [0.4, 0.5) is 10.5 Å². The van der Waals surface area contributed by atoms with Gasteiger partial charge in [-0.15, -0.1) is 0 Å². The summed E-state index contributed by atoms with van der Waals surface area (Å²) >= 11 is 0. The number of benzene rings is 1. The lowest BCUT2D eigenvalue weighted by Gasteiger charge is -2.43. The molecule has 1 aromatic carbocycles. The number of ether oxygens (including phenoxy) is 8. The standard InChI is InChI=1S/C59H87N3O16/c1-35-17-13-12-14-18-36(2)49(71-8)33-45-24-20-41(7)59(68,78-45)55(64)56(65)61-28-16-15-19-47(61)57(66)76-50(34-46(60)37(3)30-40(6)53(73-10)54(74-11)52(63)39(5)29-35)38(4)31-42-21-27-48(51(32-42)72-9)77-58(67)75-44-25-22-43(23-26-44)62(69)70/h12-14,17-18,22-23,25-26,30,35,37-39,41-42,45-51,53-54,68H,15-16,19-21,24,27-29,31-34,60H2,1-11H3/b14-12?,17-13+,36-18?,40-30+/t35-,37-,38-,39-,41-,42+,45+,46+,47+,48-,49+,50+,51-,53-,54+,59-/m1/s1. The highest BCUT2D eigenvalue weighted by atomic mass is 16.7. The second kappa shape index (κ2) is 29.9. The van der Waals surface area contributed by atoms with Crippen LogP contribution in [0.5, 0.6) is 5.75 Å². The number of rotatable bonds is 10. The number of nitrogens with two attached hydrogens (primary N) is 1. The molecule has 5 rings (SSSR count). The van der Waals surface area contributed by atoms with Crippen molar-refractivity contribution in [3.05, 3.63) is 82.0 Å². The normalized spacial score (nSPS) is 35.3. The minimum absolute atomic E-state index is 0.0235. The highest BCUT2D eigenvalue weighted by Crippen LogP contribution is 2.38. The predicted molar refractivity (Wildman–Crippen MR) is 291 cm³/mol. The highest BCUT2D eigenvalue weighted by Gasteiger charge is 2.53. The Balaban J connectivity index is 1.43. The maximum Gasteiger partial charge on any atom is 0.514 e. The van der Waals surface area contributed by atoms with Gasteiger partial charge in [-0.25, -0.2) is 9.59 Å². The largest absolute Gasteiger partial charge is 0.514 e.